The topological polar surface area (TPSA) is 47.0 Å². The standard InChI is InChI=1S/C27H32F3N3O2/c1-3-32-13-7-10-25(24(30)17-32)31(2)26(35)33-16-19(22-14-21(28)11-12-23(22)29)15-27(33,18-34)20-8-5-4-6-9-20/h4-6,8-9,11-12,14-15,24-25,34H,3,7,10,13,16-18H2,1-2H3/t24?,25?,27-/m1/s1. The molecule has 0 radical (unpaired) electrons. The van der Waals surface area contributed by atoms with Crippen LogP contribution in [0.25, 0.3) is 5.57 Å². The van der Waals surface area contributed by atoms with Gasteiger partial charge in [0.25, 0.3) is 0 Å². The van der Waals surface area contributed by atoms with E-state index in [4.69, 9.17) is 0 Å². The third-order valence-electron chi connectivity index (χ3n) is 7.31. The second-order valence-corrected chi connectivity index (χ2v) is 9.34. The summed E-state index contributed by atoms with van der Waals surface area (Å²) in [7, 11) is 1.58. The lowest BCUT2D eigenvalue weighted by molar-refractivity contribution is 0.0638. The van der Waals surface area contributed by atoms with Crippen molar-refractivity contribution in [3.8, 4) is 0 Å². The van der Waals surface area contributed by atoms with E-state index in [0.29, 0.717) is 17.6 Å². The SMILES string of the molecule is CCN1CCCC(N(C)C(=O)N2CC(c3cc(F)ccc3F)=C[C@@]2(CO)c2ccccc2)C(F)C1. The number of aliphatic hydroxyl groups excluding tert-OH is 1. The van der Waals surface area contributed by atoms with E-state index in [1.54, 1.807) is 37.4 Å². The number of carbonyl (C=O) groups excluding carboxylic acids is 1. The number of carbonyl (C=O) groups is 1. The normalized spacial score (nSPS) is 25.3. The molecule has 2 aliphatic rings. The second-order valence-electron chi connectivity index (χ2n) is 9.34. The zero-order valence-corrected chi connectivity index (χ0v) is 20.1. The molecule has 5 nitrogen and oxygen atoms in total. The Hall–Kier alpha value is -2.84. The molecule has 0 spiro atoms. The molecule has 4 rings (SSSR count). The van der Waals surface area contributed by atoms with Crippen molar-refractivity contribution in [2.45, 2.75) is 37.5 Å². The number of nitrogens with zero attached hydrogens (tertiary/aromatic N) is 3. The van der Waals surface area contributed by atoms with Crippen LogP contribution in [0.2, 0.25) is 0 Å². The predicted molar refractivity (Wildman–Crippen MR) is 129 cm³/mol. The molecular weight excluding hydrogens is 455 g/mol. The van der Waals surface area contributed by atoms with Gasteiger partial charge in [0, 0.05) is 25.7 Å². The lowest BCUT2D eigenvalue weighted by Crippen LogP contribution is -2.56. The molecule has 0 aliphatic carbocycles. The highest BCUT2D eigenvalue weighted by Crippen LogP contribution is 2.41. The number of likely N-dealkylation sites (tertiary alicyclic amines) is 1. The highest BCUT2D eigenvalue weighted by Gasteiger charge is 2.47. The monoisotopic (exact) mass is 487 g/mol. The molecule has 2 unspecified atom stereocenters. The predicted octanol–water partition coefficient (Wildman–Crippen LogP) is 4.43. The maximum atomic E-state index is 15.3. The molecule has 8 heteroatoms. The van der Waals surface area contributed by atoms with Crippen LogP contribution in [0.3, 0.4) is 0 Å². The van der Waals surface area contributed by atoms with Gasteiger partial charge in [0.05, 0.1) is 12.6 Å². The quantitative estimate of drug-likeness (QED) is 0.679. The smallest absolute Gasteiger partial charge is 0.321 e. The largest absolute Gasteiger partial charge is 0.393 e. The fourth-order valence-corrected chi connectivity index (χ4v) is 5.28. The van der Waals surface area contributed by atoms with Crippen molar-refractivity contribution in [1.29, 1.82) is 0 Å². The van der Waals surface area contributed by atoms with Crippen LogP contribution < -0.4 is 0 Å². The average Bonchev–Trinajstić information content (AvgIpc) is 3.17. The van der Waals surface area contributed by atoms with Gasteiger partial charge in [0.2, 0.25) is 0 Å². The molecule has 0 bridgehead atoms. The van der Waals surface area contributed by atoms with E-state index >= 15 is 4.39 Å². The summed E-state index contributed by atoms with van der Waals surface area (Å²) in [6.07, 6.45) is 1.69. The number of halogens is 3. The van der Waals surface area contributed by atoms with E-state index in [0.717, 1.165) is 37.7 Å². The van der Waals surface area contributed by atoms with Gasteiger partial charge in [-0.25, -0.2) is 18.0 Å². The number of urea groups is 1. The van der Waals surface area contributed by atoms with Crippen molar-refractivity contribution in [1.82, 2.24) is 14.7 Å². The average molecular weight is 488 g/mol. The Bertz CT molecular complexity index is 1080. The third-order valence-corrected chi connectivity index (χ3v) is 7.31. The summed E-state index contributed by atoms with van der Waals surface area (Å²) in [5, 5.41) is 10.6. The summed E-state index contributed by atoms with van der Waals surface area (Å²) in [6, 6.07) is 11.0. The molecule has 1 fully saturated rings. The van der Waals surface area contributed by atoms with Gasteiger partial charge in [-0.3, -0.25) is 0 Å². The maximum Gasteiger partial charge on any atom is 0.321 e. The van der Waals surface area contributed by atoms with E-state index in [1.165, 1.54) is 9.80 Å². The minimum atomic E-state index is -1.30. The molecule has 35 heavy (non-hydrogen) atoms. The molecule has 0 aromatic heterocycles. The van der Waals surface area contributed by atoms with Gasteiger partial charge in [-0.05, 0) is 61.3 Å². The Morgan fingerprint density at radius 2 is 1.94 bits per heavy atom. The lowest BCUT2D eigenvalue weighted by Gasteiger charge is -2.41. The highest BCUT2D eigenvalue weighted by atomic mass is 19.1. The molecule has 1 saturated heterocycles. The molecule has 0 saturated carbocycles. The van der Waals surface area contributed by atoms with Gasteiger partial charge in [0.15, 0.2) is 0 Å². The summed E-state index contributed by atoms with van der Waals surface area (Å²) in [6.45, 7) is 3.23. The summed E-state index contributed by atoms with van der Waals surface area (Å²) >= 11 is 0. The Morgan fingerprint density at radius 1 is 1.20 bits per heavy atom. The Labute approximate surface area is 204 Å². The summed E-state index contributed by atoms with van der Waals surface area (Å²) in [4.78, 5) is 18.8. The first kappa shape index (κ1) is 25.3. The number of rotatable bonds is 5. The van der Waals surface area contributed by atoms with Crippen LogP contribution in [-0.4, -0.2) is 77.9 Å². The van der Waals surface area contributed by atoms with Gasteiger partial charge < -0.3 is 19.8 Å². The van der Waals surface area contributed by atoms with E-state index in [2.05, 4.69) is 0 Å². The van der Waals surface area contributed by atoms with E-state index in [-0.39, 0.29) is 18.7 Å². The maximum absolute atomic E-state index is 15.3. The van der Waals surface area contributed by atoms with Crippen molar-refractivity contribution in [2.24, 2.45) is 0 Å². The summed E-state index contributed by atoms with van der Waals surface area (Å²) < 4.78 is 43.9. The van der Waals surface area contributed by atoms with E-state index < -0.39 is 42.0 Å². The highest BCUT2D eigenvalue weighted by molar-refractivity contribution is 5.83. The molecule has 2 aromatic rings. The summed E-state index contributed by atoms with van der Waals surface area (Å²) in [5.41, 5.74) is -0.248. The Balaban J connectivity index is 1.72. The van der Waals surface area contributed by atoms with E-state index in [9.17, 15) is 18.7 Å². The minimum Gasteiger partial charge on any atom is -0.393 e. The van der Waals surface area contributed by atoms with Crippen molar-refractivity contribution in [3.63, 3.8) is 0 Å². The van der Waals surface area contributed by atoms with Gasteiger partial charge in [-0.15, -0.1) is 0 Å². The number of hydrogen-bond acceptors (Lipinski definition) is 3. The van der Waals surface area contributed by atoms with Crippen LogP contribution in [0.5, 0.6) is 0 Å². The number of amides is 2. The molecule has 2 aliphatic heterocycles. The van der Waals surface area contributed by atoms with Crippen molar-refractivity contribution in [3.05, 3.63) is 77.4 Å². The first-order valence-electron chi connectivity index (χ1n) is 12.0. The van der Waals surface area contributed by atoms with Crippen LogP contribution in [0.4, 0.5) is 18.0 Å². The Kier molecular flexibility index (Phi) is 7.52. The van der Waals surface area contributed by atoms with Gasteiger partial charge >= 0.3 is 6.03 Å². The lowest BCUT2D eigenvalue weighted by atomic mass is 9.89. The van der Waals surface area contributed by atoms with Gasteiger partial charge in [-0.2, -0.15) is 0 Å². The van der Waals surface area contributed by atoms with Crippen LogP contribution in [0.15, 0.2) is 54.6 Å². The second kappa shape index (κ2) is 10.4. The number of alkyl halides is 1. The summed E-state index contributed by atoms with van der Waals surface area (Å²) in [5.74, 6) is -1.22. The Morgan fingerprint density at radius 3 is 2.63 bits per heavy atom. The molecule has 3 atom stereocenters. The van der Waals surface area contributed by atoms with Crippen LogP contribution in [0.1, 0.15) is 30.9 Å². The first-order chi connectivity index (χ1) is 16.8. The molecular formula is C27H32F3N3O2. The van der Waals surface area contributed by atoms with Crippen LogP contribution in [0, 0.1) is 11.6 Å². The fraction of sp³-hybridized carbons (Fsp3) is 0.444. The van der Waals surface area contributed by atoms with Crippen LogP contribution in [-0.2, 0) is 5.54 Å². The molecule has 188 valence electrons. The molecule has 2 aromatic carbocycles. The van der Waals surface area contributed by atoms with E-state index in [1.807, 2.05) is 17.9 Å². The van der Waals surface area contributed by atoms with Crippen molar-refractivity contribution in [2.75, 3.05) is 39.8 Å². The minimum absolute atomic E-state index is 0.0353. The number of hydrogen-bond donors (Lipinski definition) is 1. The number of aliphatic hydroxyl groups is 1. The zero-order chi connectivity index (χ0) is 25.2. The third kappa shape index (κ3) is 4.82. The molecule has 2 amide bonds. The van der Waals surface area contributed by atoms with Gasteiger partial charge in [0.1, 0.15) is 23.3 Å². The number of benzene rings is 2. The fourth-order valence-electron chi connectivity index (χ4n) is 5.28. The molecule has 2 heterocycles. The van der Waals surface area contributed by atoms with Crippen LogP contribution >= 0.6 is 0 Å². The first-order valence-corrected chi connectivity index (χ1v) is 12.0. The zero-order valence-electron chi connectivity index (χ0n) is 20.1. The van der Waals surface area contributed by atoms with Crippen molar-refractivity contribution >= 4 is 11.6 Å². The molecule has 1 N–H and O–H groups in total. The van der Waals surface area contributed by atoms with Crippen molar-refractivity contribution < 1.29 is 23.1 Å². The van der Waals surface area contributed by atoms with Gasteiger partial charge in [-0.1, -0.05) is 37.3 Å².